The van der Waals surface area contributed by atoms with E-state index in [1.807, 2.05) is 35.9 Å². The predicted octanol–water partition coefficient (Wildman–Crippen LogP) is 3.23. The molecule has 0 aliphatic rings. The number of aryl methyl sites for hydroxylation is 1. The number of hydrogen-bond acceptors (Lipinski definition) is 5. The number of carbonyl (C=O) groups excluding carboxylic acids is 2. The third-order valence-electron chi connectivity index (χ3n) is 4.86. The lowest BCUT2D eigenvalue weighted by molar-refractivity contribution is -0.141. The number of methoxy groups -OCH3 is 3. The molecule has 7 heteroatoms. The van der Waals surface area contributed by atoms with Crippen LogP contribution in [-0.4, -0.2) is 37.8 Å². The minimum Gasteiger partial charge on any atom is -0.493 e. The van der Waals surface area contributed by atoms with E-state index in [0.29, 0.717) is 22.6 Å². The molecule has 2 aromatic carbocycles. The normalized spacial score (nSPS) is 11.7. The first-order chi connectivity index (χ1) is 14.0. The van der Waals surface area contributed by atoms with E-state index in [1.54, 1.807) is 31.5 Å². The standard InChI is InChI=1S/C22H24N2O5/c1-24-13-16(15-7-5-6-8-18(15)24)22(26)23-17(12-21(25)29-4)14-9-10-19(27-2)20(11-14)28-3/h5-11,13,17H,12H2,1-4H3,(H,23,26)/t17-/m1/s1. The highest BCUT2D eigenvalue weighted by molar-refractivity contribution is 6.07. The van der Waals surface area contributed by atoms with Crippen molar-refractivity contribution in [3.63, 3.8) is 0 Å². The number of ether oxygens (including phenoxy) is 3. The maximum Gasteiger partial charge on any atom is 0.307 e. The van der Waals surface area contributed by atoms with Gasteiger partial charge >= 0.3 is 5.97 Å². The Labute approximate surface area is 169 Å². The zero-order valence-corrected chi connectivity index (χ0v) is 16.9. The Balaban J connectivity index is 1.95. The van der Waals surface area contributed by atoms with Gasteiger partial charge in [-0.15, -0.1) is 0 Å². The molecule has 1 N–H and O–H groups in total. The van der Waals surface area contributed by atoms with Crippen LogP contribution in [0.2, 0.25) is 0 Å². The average molecular weight is 396 g/mol. The second kappa shape index (κ2) is 8.68. The van der Waals surface area contributed by atoms with Crippen molar-refractivity contribution in [2.45, 2.75) is 12.5 Å². The van der Waals surface area contributed by atoms with Crippen LogP contribution in [0, 0.1) is 0 Å². The number of para-hydroxylation sites is 1. The molecule has 0 fully saturated rings. The van der Waals surface area contributed by atoms with Gasteiger partial charge in [-0.25, -0.2) is 0 Å². The summed E-state index contributed by atoms with van der Waals surface area (Å²) in [4.78, 5) is 25.0. The van der Waals surface area contributed by atoms with Crippen LogP contribution in [-0.2, 0) is 16.6 Å². The van der Waals surface area contributed by atoms with Crippen LogP contribution < -0.4 is 14.8 Å². The molecule has 0 spiro atoms. The second-order valence-corrected chi connectivity index (χ2v) is 6.59. The van der Waals surface area contributed by atoms with Crippen LogP contribution in [0.3, 0.4) is 0 Å². The summed E-state index contributed by atoms with van der Waals surface area (Å²) in [6.07, 6.45) is 1.77. The zero-order chi connectivity index (χ0) is 21.0. The van der Waals surface area contributed by atoms with E-state index in [9.17, 15) is 9.59 Å². The summed E-state index contributed by atoms with van der Waals surface area (Å²) in [7, 11) is 6.29. The van der Waals surface area contributed by atoms with E-state index in [-0.39, 0.29) is 12.3 Å². The maximum absolute atomic E-state index is 13.1. The van der Waals surface area contributed by atoms with Gasteiger partial charge in [0, 0.05) is 24.1 Å². The molecule has 0 radical (unpaired) electrons. The fraction of sp³-hybridized carbons (Fsp3) is 0.273. The molecule has 0 aliphatic carbocycles. The van der Waals surface area contributed by atoms with E-state index < -0.39 is 12.0 Å². The van der Waals surface area contributed by atoms with Gasteiger partial charge < -0.3 is 24.1 Å². The smallest absolute Gasteiger partial charge is 0.307 e. The molecule has 29 heavy (non-hydrogen) atoms. The highest BCUT2D eigenvalue weighted by Gasteiger charge is 2.23. The Morgan fingerprint density at radius 3 is 2.45 bits per heavy atom. The van der Waals surface area contributed by atoms with E-state index in [2.05, 4.69) is 5.32 Å². The summed E-state index contributed by atoms with van der Waals surface area (Å²) < 4.78 is 17.3. The van der Waals surface area contributed by atoms with Gasteiger partial charge in [0.25, 0.3) is 5.91 Å². The van der Waals surface area contributed by atoms with Gasteiger partial charge in [0.2, 0.25) is 0 Å². The minimum absolute atomic E-state index is 0.0114. The van der Waals surface area contributed by atoms with Crippen LogP contribution in [0.4, 0.5) is 0 Å². The van der Waals surface area contributed by atoms with Gasteiger partial charge in [0.1, 0.15) is 0 Å². The molecule has 152 valence electrons. The van der Waals surface area contributed by atoms with Crippen LogP contribution in [0.15, 0.2) is 48.7 Å². The largest absolute Gasteiger partial charge is 0.493 e. The predicted molar refractivity (Wildman–Crippen MR) is 109 cm³/mol. The Kier molecular flexibility index (Phi) is 6.07. The summed E-state index contributed by atoms with van der Waals surface area (Å²) in [5.41, 5.74) is 2.20. The first kappa shape index (κ1) is 20.3. The molecule has 1 heterocycles. The lowest BCUT2D eigenvalue weighted by atomic mass is 10.0. The molecular weight excluding hydrogens is 372 g/mol. The third-order valence-corrected chi connectivity index (χ3v) is 4.86. The first-order valence-electron chi connectivity index (χ1n) is 9.12. The fourth-order valence-corrected chi connectivity index (χ4v) is 3.33. The van der Waals surface area contributed by atoms with E-state index in [1.165, 1.54) is 14.2 Å². The second-order valence-electron chi connectivity index (χ2n) is 6.59. The Hall–Kier alpha value is -3.48. The molecule has 3 rings (SSSR count). The Bertz CT molecular complexity index is 1040. The Morgan fingerprint density at radius 1 is 1.03 bits per heavy atom. The van der Waals surface area contributed by atoms with Crippen molar-refractivity contribution in [2.24, 2.45) is 7.05 Å². The van der Waals surface area contributed by atoms with Crippen LogP contribution in [0.25, 0.3) is 10.9 Å². The quantitative estimate of drug-likeness (QED) is 0.621. The number of nitrogens with zero attached hydrogens (tertiary/aromatic N) is 1. The van der Waals surface area contributed by atoms with Crippen molar-refractivity contribution in [3.8, 4) is 11.5 Å². The summed E-state index contributed by atoms with van der Waals surface area (Å²) in [5, 5.41) is 3.80. The molecule has 1 amide bonds. The molecule has 3 aromatic rings. The summed E-state index contributed by atoms with van der Waals surface area (Å²) >= 11 is 0. The van der Waals surface area contributed by atoms with Crippen molar-refractivity contribution >= 4 is 22.8 Å². The van der Waals surface area contributed by atoms with Crippen molar-refractivity contribution in [3.05, 3.63) is 59.8 Å². The van der Waals surface area contributed by atoms with Crippen LogP contribution in [0.1, 0.15) is 28.4 Å². The number of hydrogen-bond donors (Lipinski definition) is 1. The zero-order valence-electron chi connectivity index (χ0n) is 16.9. The van der Waals surface area contributed by atoms with Gasteiger partial charge in [-0.05, 0) is 23.8 Å². The van der Waals surface area contributed by atoms with E-state index in [4.69, 9.17) is 14.2 Å². The molecule has 0 aliphatic heterocycles. The summed E-state index contributed by atoms with van der Waals surface area (Å²) in [6.45, 7) is 0. The number of carbonyl (C=O) groups is 2. The van der Waals surface area contributed by atoms with Crippen molar-refractivity contribution in [1.82, 2.24) is 9.88 Å². The third kappa shape index (κ3) is 4.18. The lowest BCUT2D eigenvalue weighted by Crippen LogP contribution is -2.30. The molecule has 1 aromatic heterocycles. The molecule has 0 unspecified atom stereocenters. The molecular formula is C22H24N2O5. The molecule has 0 saturated carbocycles. The molecule has 7 nitrogen and oxygen atoms in total. The number of fused-ring (bicyclic) bond motifs is 1. The number of aromatic nitrogens is 1. The Morgan fingerprint density at radius 2 is 1.76 bits per heavy atom. The van der Waals surface area contributed by atoms with Crippen molar-refractivity contribution in [2.75, 3.05) is 21.3 Å². The van der Waals surface area contributed by atoms with Gasteiger partial charge in [-0.2, -0.15) is 0 Å². The molecule has 0 saturated heterocycles. The number of rotatable bonds is 7. The lowest BCUT2D eigenvalue weighted by Gasteiger charge is -2.19. The monoisotopic (exact) mass is 396 g/mol. The van der Waals surface area contributed by atoms with Crippen LogP contribution in [0.5, 0.6) is 11.5 Å². The van der Waals surface area contributed by atoms with Gasteiger partial charge in [-0.1, -0.05) is 24.3 Å². The summed E-state index contributed by atoms with van der Waals surface area (Å²) in [6, 6.07) is 12.3. The van der Waals surface area contributed by atoms with Crippen molar-refractivity contribution < 1.29 is 23.8 Å². The average Bonchev–Trinajstić information content (AvgIpc) is 3.09. The number of esters is 1. The topological polar surface area (TPSA) is 78.8 Å². The van der Waals surface area contributed by atoms with Crippen LogP contribution >= 0.6 is 0 Å². The minimum atomic E-state index is -0.589. The van der Waals surface area contributed by atoms with Gasteiger partial charge in [-0.3, -0.25) is 9.59 Å². The van der Waals surface area contributed by atoms with E-state index in [0.717, 1.165) is 10.9 Å². The number of benzene rings is 2. The highest BCUT2D eigenvalue weighted by Crippen LogP contribution is 2.31. The fourth-order valence-electron chi connectivity index (χ4n) is 3.33. The van der Waals surface area contributed by atoms with Gasteiger partial charge in [0.15, 0.2) is 11.5 Å². The summed E-state index contributed by atoms with van der Waals surface area (Å²) in [5.74, 6) is 0.376. The first-order valence-corrected chi connectivity index (χ1v) is 9.12. The molecule has 0 bridgehead atoms. The highest BCUT2D eigenvalue weighted by atomic mass is 16.5. The SMILES string of the molecule is COC(=O)C[C@@H](NC(=O)c1cn(C)c2ccccc12)c1ccc(OC)c(OC)c1. The van der Waals surface area contributed by atoms with Crippen molar-refractivity contribution in [1.29, 1.82) is 0 Å². The van der Waals surface area contributed by atoms with Gasteiger partial charge in [0.05, 0.1) is 39.4 Å². The maximum atomic E-state index is 13.1. The van der Waals surface area contributed by atoms with E-state index >= 15 is 0 Å². The molecule has 1 atom stereocenters. The number of nitrogens with one attached hydrogen (secondary N) is 1. The number of amides is 1.